The molecule has 0 unspecified atom stereocenters. The Morgan fingerprint density at radius 3 is 2.90 bits per heavy atom. The van der Waals surface area contributed by atoms with E-state index in [-0.39, 0.29) is 11.8 Å². The van der Waals surface area contributed by atoms with E-state index in [2.05, 4.69) is 20.3 Å². The van der Waals surface area contributed by atoms with E-state index in [1.807, 2.05) is 24.6 Å². The van der Waals surface area contributed by atoms with Gasteiger partial charge in [-0.3, -0.25) is 4.79 Å². The van der Waals surface area contributed by atoms with Gasteiger partial charge >= 0.3 is 0 Å². The number of aryl methyl sites for hydroxylation is 1. The summed E-state index contributed by atoms with van der Waals surface area (Å²) in [5.74, 6) is 0.342. The second-order valence-electron chi connectivity index (χ2n) is 5.15. The van der Waals surface area contributed by atoms with Crippen molar-refractivity contribution in [1.29, 1.82) is 0 Å². The number of fused-ring (bicyclic) bond motifs is 1. The molecule has 1 aliphatic rings. The molecular weight excluding hydrogens is 274 g/mol. The molecule has 2 aromatic heterocycles. The van der Waals surface area contributed by atoms with Crippen LogP contribution in [0.4, 0.5) is 5.13 Å². The Bertz CT molecular complexity index is 580. The van der Waals surface area contributed by atoms with Crippen LogP contribution in [-0.4, -0.2) is 40.1 Å². The van der Waals surface area contributed by atoms with E-state index in [0.29, 0.717) is 6.54 Å². The average molecular weight is 293 g/mol. The SMILES string of the molecule is CCNC(=O)C1CCN(c2nn3cc(C)nc3s2)CC1. The highest BCUT2D eigenvalue weighted by atomic mass is 32.1. The number of imidazole rings is 1. The van der Waals surface area contributed by atoms with E-state index in [9.17, 15) is 4.79 Å². The van der Waals surface area contributed by atoms with Crippen molar-refractivity contribution in [2.45, 2.75) is 26.7 Å². The van der Waals surface area contributed by atoms with Crippen LogP contribution in [0.15, 0.2) is 6.20 Å². The van der Waals surface area contributed by atoms with Gasteiger partial charge in [0.15, 0.2) is 0 Å². The summed E-state index contributed by atoms with van der Waals surface area (Å²) >= 11 is 1.61. The molecule has 1 N–H and O–H groups in total. The molecule has 3 rings (SSSR count). The van der Waals surface area contributed by atoms with E-state index in [1.54, 1.807) is 11.3 Å². The van der Waals surface area contributed by atoms with Crippen molar-refractivity contribution in [2.75, 3.05) is 24.5 Å². The van der Waals surface area contributed by atoms with Gasteiger partial charge in [-0.1, -0.05) is 11.3 Å². The molecule has 20 heavy (non-hydrogen) atoms. The van der Waals surface area contributed by atoms with Crippen molar-refractivity contribution in [3.05, 3.63) is 11.9 Å². The molecule has 0 aromatic carbocycles. The molecule has 0 radical (unpaired) electrons. The largest absolute Gasteiger partial charge is 0.356 e. The van der Waals surface area contributed by atoms with Crippen LogP contribution in [0, 0.1) is 12.8 Å². The first kappa shape index (κ1) is 13.4. The first-order chi connectivity index (χ1) is 9.67. The summed E-state index contributed by atoms with van der Waals surface area (Å²) in [6.07, 6.45) is 3.73. The van der Waals surface area contributed by atoms with Gasteiger partial charge < -0.3 is 10.2 Å². The lowest BCUT2D eigenvalue weighted by Crippen LogP contribution is -2.40. The van der Waals surface area contributed by atoms with Gasteiger partial charge in [-0.2, -0.15) is 0 Å². The van der Waals surface area contributed by atoms with Crippen molar-refractivity contribution in [3.8, 4) is 0 Å². The Morgan fingerprint density at radius 2 is 2.25 bits per heavy atom. The van der Waals surface area contributed by atoms with Crippen molar-refractivity contribution in [2.24, 2.45) is 5.92 Å². The Kier molecular flexibility index (Phi) is 3.60. The van der Waals surface area contributed by atoms with E-state index in [0.717, 1.165) is 41.7 Å². The summed E-state index contributed by atoms with van der Waals surface area (Å²) in [6.45, 7) is 6.41. The first-order valence-corrected chi connectivity index (χ1v) is 7.84. The fraction of sp³-hybridized carbons (Fsp3) is 0.615. The number of amides is 1. The summed E-state index contributed by atoms with van der Waals surface area (Å²) in [4.78, 5) is 19.4. The van der Waals surface area contributed by atoms with Crippen LogP contribution in [0.25, 0.3) is 4.96 Å². The van der Waals surface area contributed by atoms with Crippen molar-refractivity contribution >= 4 is 27.3 Å². The fourth-order valence-electron chi connectivity index (χ4n) is 2.58. The molecular formula is C13H19N5OS. The molecule has 0 saturated carbocycles. The second kappa shape index (κ2) is 5.40. The molecule has 0 bridgehead atoms. The minimum absolute atomic E-state index is 0.150. The molecule has 0 spiro atoms. The summed E-state index contributed by atoms with van der Waals surface area (Å²) < 4.78 is 1.84. The maximum absolute atomic E-state index is 11.8. The zero-order valence-corrected chi connectivity index (χ0v) is 12.6. The number of nitrogens with one attached hydrogen (secondary N) is 1. The van der Waals surface area contributed by atoms with Gasteiger partial charge in [0.1, 0.15) is 0 Å². The van der Waals surface area contributed by atoms with E-state index >= 15 is 0 Å². The number of piperidine rings is 1. The lowest BCUT2D eigenvalue weighted by atomic mass is 9.96. The second-order valence-corrected chi connectivity index (χ2v) is 6.08. The number of carbonyl (C=O) groups is 1. The minimum Gasteiger partial charge on any atom is -0.356 e. The predicted molar refractivity (Wildman–Crippen MR) is 79.2 cm³/mol. The van der Waals surface area contributed by atoms with Gasteiger partial charge in [0, 0.05) is 25.6 Å². The number of aromatic nitrogens is 3. The van der Waals surface area contributed by atoms with Gasteiger partial charge in [0.25, 0.3) is 0 Å². The molecule has 108 valence electrons. The molecule has 3 heterocycles. The standard InChI is InChI=1S/C13H19N5OS/c1-3-14-11(19)10-4-6-17(7-5-10)13-16-18-8-9(2)15-12(18)20-13/h8,10H,3-7H2,1-2H3,(H,14,19). The maximum Gasteiger partial charge on any atom is 0.223 e. The van der Waals surface area contributed by atoms with Gasteiger partial charge in [0.05, 0.1) is 11.9 Å². The quantitative estimate of drug-likeness (QED) is 0.930. The third kappa shape index (κ3) is 2.49. The first-order valence-electron chi connectivity index (χ1n) is 7.03. The van der Waals surface area contributed by atoms with Crippen LogP contribution in [0.3, 0.4) is 0 Å². The van der Waals surface area contributed by atoms with Gasteiger partial charge in [-0.25, -0.2) is 9.50 Å². The lowest BCUT2D eigenvalue weighted by molar-refractivity contribution is -0.125. The zero-order valence-electron chi connectivity index (χ0n) is 11.8. The number of nitrogens with zero attached hydrogens (tertiary/aromatic N) is 4. The van der Waals surface area contributed by atoms with E-state index in [4.69, 9.17) is 0 Å². The summed E-state index contributed by atoms with van der Waals surface area (Å²) in [5.41, 5.74) is 0.991. The number of anilines is 1. The van der Waals surface area contributed by atoms with Crippen molar-refractivity contribution in [3.63, 3.8) is 0 Å². The zero-order chi connectivity index (χ0) is 14.1. The van der Waals surface area contributed by atoms with Crippen LogP contribution in [-0.2, 0) is 4.79 Å². The molecule has 0 atom stereocenters. The number of hydrogen-bond donors (Lipinski definition) is 1. The van der Waals surface area contributed by atoms with Crippen LogP contribution in [0.2, 0.25) is 0 Å². The Morgan fingerprint density at radius 1 is 1.50 bits per heavy atom. The molecule has 2 aromatic rings. The Hall–Kier alpha value is -1.63. The van der Waals surface area contributed by atoms with Gasteiger partial charge in [-0.05, 0) is 26.7 Å². The summed E-state index contributed by atoms with van der Waals surface area (Å²) in [5, 5.41) is 8.47. The molecule has 1 aliphatic heterocycles. The van der Waals surface area contributed by atoms with Crippen LogP contribution >= 0.6 is 11.3 Å². The molecule has 1 saturated heterocycles. The number of rotatable bonds is 3. The van der Waals surface area contributed by atoms with Crippen LogP contribution < -0.4 is 10.2 Å². The highest BCUT2D eigenvalue weighted by Crippen LogP contribution is 2.27. The maximum atomic E-state index is 11.8. The van der Waals surface area contributed by atoms with Crippen molar-refractivity contribution < 1.29 is 4.79 Å². The highest BCUT2D eigenvalue weighted by Gasteiger charge is 2.26. The third-order valence-corrected chi connectivity index (χ3v) is 4.62. The fourth-order valence-corrected chi connectivity index (χ4v) is 3.56. The molecule has 0 aliphatic carbocycles. The molecule has 6 nitrogen and oxygen atoms in total. The predicted octanol–water partition coefficient (Wildman–Crippen LogP) is 1.45. The lowest BCUT2D eigenvalue weighted by Gasteiger charge is -2.30. The summed E-state index contributed by atoms with van der Waals surface area (Å²) in [7, 11) is 0. The topological polar surface area (TPSA) is 62.5 Å². The van der Waals surface area contributed by atoms with Gasteiger partial charge in [0.2, 0.25) is 16.0 Å². The molecule has 7 heteroatoms. The normalized spacial score (nSPS) is 16.8. The third-order valence-electron chi connectivity index (χ3n) is 3.64. The Labute approximate surface area is 121 Å². The number of hydrogen-bond acceptors (Lipinski definition) is 5. The summed E-state index contributed by atoms with van der Waals surface area (Å²) in [6, 6.07) is 0. The number of carbonyl (C=O) groups excluding carboxylic acids is 1. The smallest absolute Gasteiger partial charge is 0.223 e. The van der Waals surface area contributed by atoms with Crippen molar-refractivity contribution in [1.82, 2.24) is 19.9 Å². The van der Waals surface area contributed by atoms with E-state index in [1.165, 1.54) is 0 Å². The molecule has 1 amide bonds. The van der Waals surface area contributed by atoms with Gasteiger partial charge in [-0.15, -0.1) is 5.10 Å². The van der Waals surface area contributed by atoms with Crippen LogP contribution in [0.1, 0.15) is 25.5 Å². The Balaban J connectivity index is 1.65. The highest BCUT2D eigenvalue weighted by molar-refractivity contribution is 7.20. The average Bonchev–Trinajstić information content (AvgIpc) is 2.96. The molecule has 1 fully saturated rings. The van der Waals surface area contributed by atoms with E-state index < -0.39 is 0 Å². The minimum atomic E-state index is 0.150. The monoisotopic (exact) mass is 293 g/mol. The van der Waals surface area contributed by atoms with Crippen LogP contribution in [0.5, 0.6) is 0 Å².